The Morgan fingerprint density at radius 2 is 1.90 bits per heavy atom. The molecule has 1 heterocycles. The summed E-state index contributed by atoms with van der Waals surface area (Å²) in [6.45, 7) is 13.7. The first-order valence-electron chi connectivity index (χ1n) is 8.15. The van der Waals surface area contributed by atoms with Crippen molar-refractivity contribution in [3.05, 3.63) is 35.4 Å². The van der Waals surface area contributed by atoms with Gasteiger partial charge in [0, 0.05) is 32.2 Å². The van der Waals surface area contributed by atoms with Crippen molar-refractivity contribution in [1.29, 1.82) is 0 Å². The molecule has 1 saturated heterocycles. The van der Waals surface area contributed by atoms with Crippen molar-refractivity contribution in [3.63, 3.8) is 0 Å². The SMILES string of the molecule is CCC(C)C1CNCCN1Cc1ccc(C(C)C)cc1. The lowest BCUT2D eigenvalue weighted by Crippen LogP contribution is -2.53. The predicted molar refractivity (Wildman–Crippen MR) is 87.1 cm³/mol. The Hall–Kier alpha value is -0.860. The fourth-order valence-corrected chi connectivity index (χ4v) is 3.04. The Bertz CT molecular complexity index is 396. The molecule has 20 heavy (non-hydrogen) atoms. The van der Waals surface area contributed by atoms with Crippen molar-refractivity contribution in [2.75, 3.05) is 19.6 Å². The van der Waals surface area contributed by atoms with E-state index in [1.165, 1.54) is 24.1 Å². The average Bonchev–Trinajstić information content (AvgIpc) is 2.47. The van der Waals surface area contributed by atoms with E-state index in [1.54, 1.807) is 0 Å². The van der Waals surface area contributed by atoms with Crippen LogP contribution in [0.1, 0.15) is 51.2 Å². The van der Waals surface area contributed by atoms with Crippen LogP contribution in [-0.2, 0) is 6.54 Å². The van der Waals surface area contributed by atoms with E-state index in [1.807, 2.05) is 0 Å². The monoisotopic (exact) mass is 274 g/mol. The van der Waals surface area contributed by atoms with Crippen LogP contribution >= 0.6 is 0 Å². The highest BCUT2D eigenvalue weighted by Crippen LogP contribution is 2.20. The van der Waals surface area contributed by atoms with Gasteiger partial charge >= 0.3 is 0 Å². The Balaban J connectivity index is 2.02. The van der Waals surface area contributed by atoms with Gasteiger partial charge in [0.25, 0.3) is 0 Å². The molecule has 2 atom stereocenters. The Kier molecular flexibility index (Phi) is 5.62. The van der Waals surface area contributed by atoms with E-state index in [4.69, 9.17) is 0 Å². The first-order valence-corrected chi connectivity index (χ1v) is 8.15. The summed E-state index contributed by atoms with van der Waals surface area (Å²) in [7, 11) is 0. The first kappa shape index (κ1) is 15.5. The lowest BCUT2D eigenvalue weighted by atomic mass is 9.95. The van der Waals surface area contributed by atoms with Crippen LogP contribution in [0.15, 0.2) is 24.3 Å². The molecule has 1 fully saturated rings. The van der Waals surface area contributed by atoms with Crippen molar-refractivity contribution >= 4 is 0 Å². The van der Waals surface area contributed by atoms with Gasteiger partial charge in [0.2, 0.25) is 0 Å². The molecule has 0 aliphatic carbocycles. The van der Waals surface area contributed by atoms with Crippen molar-refractivity contribution in [3.8, 4) is 0 Å². The third-order valence-corrected chi connectivity index (χ3v) is 4.73. The van der Waals surface area contributed by atoms with Crippen LogP contribution in [0.4, 0.5) is 0 Å². The molecule has 1 aromatic rings. The van der Waals surface area contributed by atoms with Gasteiger partial charge in [-0.25, -0.2) is 0 Å². The Morgan fingerprint density at radius 1 is 1.20 bits per heavy atom. The van der Waals surface area contributed by atoms with Gasteiger partial charge in [-0.05, 0) is 23.0 Å². The minimum Gasteiger partial charge on any atom is -0.314 e. The number of nitrogens with one attached hydrogen (secondary N) is 1. The summed E-state index contributed by atoms with van der Waals surface area (Å²) < 4.78 is 0. The van der Waals surface area contributed by atoms with E-state index < -0.39 is 0 Å². The summed E-state index contributed by atoms with van der Waals surface area (Å²) in [4.78, 5) is 2.66. The molecule has 0 bridgehead atoms. The Labute approximate surface area is 124 Å². The standard InChI is InChI=1S/C18H30N2/c1-5-15(4)18-12-19-10-11-20(18)13-16-6-8-17(9-7-16)14(2)3/h6-9,14-15,18-19H,5,10-13H2,1-4H3. The highest BCUT2D eigenvalue weighted by Gasteiger charge is 2.26. The van der Waals surface area contributed by atoms with Gasteiger partial charge in [-0.2, -0.15) is 0 Å². The van der Waals surface area contributed by atoms with Crippen molar-refractivity contribution in [2.45, 2.75) is 52.6 Å². The average molecular weight is 274 g/mol. The van der Waals surface area contributed by atoms with Crippen LogP contribution in [0.2, 0.25) is 0 Å². The summed E-state index contributed by atoms with van der Waals surface area (Å²) >= 11 is 0. The van der Waals surface area contributed by atoms with Gasteiger partial charge in [0.15, 0.2) is 0 Å². The second kappa shape index (κ2) is 7.24. The highest BCUT2D eigenvalue weighted by molar-refractivity contribution is 5.24. The molecule has 1 aliphatic heterocycles. The zero-order chi connectivity index (χ0) is 14.5. The van der Waals surface area contributed by atoms with Crippen molar-refractivity contribution in [1.82, 2.24) is 10.2 Å². The molecule has 0 spiro atoms. The zero-order valence-corrected chi connectivity index (χ0v) is 13.5. The molecule has 0 saturated carbocycles. The largest absolute Gasteiger partial charge is 0.314 e. The topological polar surface area (TPSA) is 15.3 Å². The molecular weight excluding hydrogens is 244 g/mol. The quantitative estimate of drug-likeness (QED) is 0.882. The first-order chi connectivity index (χ1) is 9.61. The van der Waals surface area contributed by atoms with E-state index in [9.17, 15) is 0 Å². The van der Waals surface area contributed by atoms with Crippen LogP contribution in [0.5, 0.6) is 0 Å². The molecule has 0 radical (unpaired) electrons. The second-order valence-electron chi connectivity index (χ2n) is 6.52. The number of hydrogen-bond acceptors (Lipinski definition) is 2. The van der Waals surface area contributed by atoms with E-state index >= 15 is 0 Å². The third-order valence-electron chi connectivity index (χ3n) is 4.73. The minimum atomic E-state index is 0.621. The fourth-order valence-electron chi connectivity index (χ4n) is 3.04. The molecular formula is C18H30N2. The minimum absolute atomic E-state index is 0.621. The molecule has 2 nitrogen and oxygen atoms in total. The lowest BCUT2D eigenvalue weighted by molar-refractivity contribution is 0.109. The number of piperazine rings is 1. The van der Waals surface area contributed by atoms with Crippen LogP contribution in [0.25, 0.3) is 0 Å². The number of nitrogens with zero attached hydrogens (tertiary/aromatic N) is 1. The molecule has 1 aromatic carbocycles. The molecule has 1 N–H and O–H groups in total. The molecule has 2 rings (SSSR count). The lowest BCUT2D eigenvalue weighted by Gasteiger charge is -2.39. The van der Waals surface area contributed by atoms with E-state index in [0.717, 1.165) is 25.6 Å². The van der Waals surface area contributed by atoms with Gasteiger partial charge in [0.05, 0.1) is 0 Å². The summed E-state index contributed by atoms with van der Waals surface area (Å²) in [5.74, 6) is 1.38. The summed E-state index contributed by atoms with van der Waals surface area (Å²) in [6, 6.07) is 9.88. The van der Waals surface area contributed by atoms with E-state index in [0.29, 0.717) is 12.0 Å². The van der Waals surface area contributed by atoms with E-state index in [-0.39, 0.29) is 0 Å². The van der Waals surface area contributed by atoms with Crippen LogP contribution < -0.4 is 5.32 Å². The summed E-state index contributed by atoms with van der Waals surface area (Å²) in [5, 5.41) is 3.55. The van der Waals surface area contributed by atoms with Gasteiger partial charge in [0.1, 0.15) is 0 Å². The van der Waals surface area contributed by atoms with Gasteiger partial charge in [-0.3, -0.25) is 4.90 Å². The van der Waals surface area contributed by atoms with Crippen LogP contribution in [0, 0.1) is 5.92 Å². The van der Waals surface area contributed by atoms with Crippen molar-refractivity contribution < 1.29 is 0 Å². The van der Waals surface area contributed by atoms with Crippen LogP contribution in [0.3, 0.4) is 0 Å². The van der Waals surface area contributed by atoms with Gasteiger partial charge in [-0.15, -0.1) is 0 Å². The smallest absolute Gasteiger partial charge is 0.0250 e. The van der Waals surface area contributed by atoms with Crippen LogP contribution in [-0.4, -0.2) is 30.6 Å². The van der Waals surface area contributed by atoms with Gasteiger partial charge in [-0.1, -0.05) is 58.4 Å². The molecule has 112 valence electrons. The highest BCUT2D eigenvalue weighted by atomic mass is 15.2. The maximum Gasteiger partial charge on any atom is 0.0250 e. The molecule has 1 aliphatic rings. The molecule has 0 aromatic heterocycles. The van der Waals surface area contributed by atoms with E-state index in [2.05, 4.69) is 62.2 Å². The number of rotatable bonds is 5. The van der Waals surface area contributed by atoms with Gasteiger partial charge < -0.3 is 5.32 Å². The zero-order valence-electron chi connectivity index (χ0n) is 13.5. The summed E-state index contributed by atoms with van der Waals surface area (Å²) in [5.41, 5.74) is 2.89. The third kappa shape index (κ3) is 3.83. The number of benzene rings is 1. The second-order valence-corrected chi connectivity index (χ2v) is 6.52. The molecule has 2 heteroatoms. The normalized spacial score (nSPS) is 22.1. The molecule has 0 amide bonds. The maximum absolute atomic E-state index is 3.55. The predicted octanol–water partition coefficient (Wildman–Crippen LogP) is 3.63. The maximum atomic E-state index is 3.55. The molecule has 2 unspecified atom stereocenters. The summed E-state index contributed by atoms with van der Waals surface area (Å²) in [6.07, 6.45) is 1.26. The fraction of sp³-hybridized carbons (Fsp3) is 0.667. The number of hydrogen-bond donors (Lipinski definition) is 1. The Morgan fingerprint density at radius 3 is 2.50 bits per heavy atom. The van der Waals surface area contributed by atoms with Crippen molar-refractivity contribution in [2.24, 2.45) is 5.92 Å².